The molecule has 1 unspecified atom stereocenters. The number of hydrogen-bond donors (Lipinski definition) is 2. The average molecular weight is 166 g/mol. The van der Waals surface area contributed by atoms with E-state index in [4.69, 9.17) is 5.73 Å². The zero-order chi connectivity index (χ0) is 8.55. The second kappa shape index (κ2) is 2.90. The number of nitrogens with two attached hydrogens (primary N) is 1. The summed E-state index contributed by atoms with van der Waals surface area (Å²) in [6.07, 6.45) is 3.80. The van der Waals surface area contributed by atoms with Crippen molar-refractivity contribution >= 4 is 5.91 Å². The van der Waals surface area contributed by atoms with Crippen LogP contribution in [0.1, 0.15) is 25.7 Å². The zero-order valence-electron chi connectivity index (χ0n) is 7.10. The lowest BCUT2D eigenvalue weighted by Gasteiger charge is -2.21. The Kier molecular flexibility index (Phi) is 1.89. The molecule has 3 nitrogen and oxygen atoms in total. The molecule has 2 aliphatic rings. The monoisotopic (exact) mass is 166 g/mol. The summed E-state index contributed by atoms with van der Waals surface area (Å²) in [4.78, 5) is 11.0. The number of amides is 1. The SMILES string of the molecule is NCC1CCC2=C(CC(=O)N2)C1. The normalized spacial score (nSPS) is 28.8. The Hall–Kier alpha value is -0.830. The van der Waals surface area contributed by atoms with E-state index in [0.717, 1.165) is 25.8 Å². The van der Waals surface area contributed by atoms with Crippen LogP contribution in [0.4, 0.5) is 0 Å². The first kappa shape index (κ1) is 7.80. The molecular formula is C9H14N2O. The van der Waals surface area contributed by atoms with Crippen molar-refractivity contribution in [1.82, 2.24) is 5.32 Å². The Labute approximate surface area is 72.0 Å². The fourth-order valence-electron chi connectivity index (χ4n) is 2.04. The first-order valence-electron chi connectivity index (χ1n) is 4.50. The van der Waals surface area contributed by atoms with Gasteiger partial charge in [-0.15, -0.1) is 0 Å². The molecule has 0 radical (unpaired) electrons. The number of carbonyl (C=O) groups is 1. The Bertz CT molecular complexity index is 245. The molecule has 0 aromatic rings. The fourth-order valence-corrected chi connectivity index (χ4v) is 2.04. The summed E-state index contributed by atoms with van der Waals surface area (Å²) in [7, 11) is 0. The van der Waals surface area contributed by atoms with E-state index in [9.17, 15) is 4.79 Å². The van der Waals surface area contributed by atoms with Crippen LogP contribution in [-0.2, 0) is 4.79 Å². The van der Waals surface area contributed by atoms with Gasteiger partial charge >= 0.3 is 0 Å². The second-order valence-electron chi connectivity index (χ2n) is 3.65. The van der Waals surface area contributed by atoms with Gasteiger partial charge in [0.25, 0.3) is 0 Å². The molecule has 1 aliphatic heterocycles. The molecule has 0 saturated heterocycles. The molecule has 1 amide bonds. The van der Waals surface area contributed by atoms with E-state index < -0.39 is 0 Å². The molecule has 0 spiro atoms. The van der Waals surface area contributed by atoms with Crippen molar-refractivity contribution in [3.8, 4) is 0 Å². The molecule has 0 fully saturated rings. The van der Waals surface area contributed by atoms with Gasteiger partial charge in [0.05, 0.1) is 0 Å². The van der Waals surface area contributed by atoms with Gasteiger partial charge in [0.15, 0.2) is 0 Å². The first-order valence-corrected chi connectivity index (χ1v) is 4.50. The molecule has 0 aromatic carbocycles. The van der Waals surface area contributed by atoms with Gasteiger partial charge in [-0.2, -0.15) is 0 Å². The Balaban J connectivity index is 2.08. The zero-order valence-corrected chi connectivity index (χ0v) is 7.10. The van der Waals surface area contributed by atoms with Crippen molar-refractivity contribution < 1.29 is 4.79 Å². The summed E-state index contributed by atoms with van der Waals surface area (Å²) in [6.45, 7) is 0.755. The number of rotatable bonds is 1. The Morgan fingerprint density at radius 2 is 2.42 bits per heavy atom. The minimum absolute atomic E-state index is 0.165. The lowest BCUT2D eigenvalue weighted by atomic mass is 9.87. The van der Waals surface area contributed by atoms with Crippen molar-refractivity contribution in [2.45, 2.75) is 25.7 Å². The van der Waals surface area contributed by atoms with Gasteiger partial charge in [-0.3, -0.25) is 4.79 Å². The average Bonchev–Trinajstić information content (AvgIpc) is 2.43. The maximum absolute atomic E-state index is 11.0. The van der Waals surface area contributed by atoms with Gasteiger partial charge in [-0.05, 0) is 37.3 Å². The smallest absolute Gasteiger partial charge is 0.228 e. The van der Waals surface area contributed by atoms with Crippen molar-refractivity contribution in [3.63, 3.8) is 0 Å². The molecule has 0 saturated carbocycles. The fraction of sp³-hybridized carbons (Fsp3) is 0.667. The summed E-state index contributed by atoms with van der Waals surface area (Å²) in [5, 5.41) is 2.90. The number of nitrogens with one attached hydrogen (secondary N) is 1. The van der Waals surface area contributed by atoms with Crippen LogP contribution in [0.25, 0.3) is 0 Å². The quantitative estimate of drug-likeness (QED) is 0.596. The highest BCUT2D eigenvalue weighted by Gasteiger charge is 2.26. The largest absolute Gasteiger partial charge is 0.330 e. The molecule has 3 N–H and O–H groups in total. The van der Waals surface area contributed by atoms with E-state index >= 15 is 0 Å². The Morgan fingerprint density at radius 1 is 1.58 bits per heavy atom. The lowest BCUT2D eigenvalue weighted by molar-refractivity contribution is -0.118. The van der Waals surface area contributed by atoms with Gasteiger partial charge in [-0.1, -0.05) is 0 Å². The molecule has 12 heavy (non-hydrogen) atoms. The summed E-state index contributed by atoms with van der Waals surface area (Å²) in [5.74, 6) is 0.772. The third-order valence-electron chi connectivity index (χ3n) is 2.76. The predicted molar refractivity (Wildman–Crippen MR) is 46.2 cm³/mol. The molecule has 0 aromatic heterocycles. The lowest BCUT2D eigenvalue weighted by Crippen LogP contribution is -2.20. The van der Waals surface area contributed by atoms with Crippen molar-refractivity contribution in [1.29, 1.82) is 0 Å². The van der Waals surface area contributed by atoms with Crippen LogP contribution in [0.2, 0.25) is 0 Å². The second-order valence-corrected chi connectivity index (χ2v) is 3.65. The molecule has 1 heterocycles. The van der Waals surface area contributed by atoms with Crippen LogP contribution >= 0.6 is 0 Å². The number of hydrogen-bond acceptors (Lipinski definition) is 2. The topological polar surface area (TPSA) is 55.1 Å². The highest BCUT2D eigenvalue weighted by molar-refractivity contribution is 5.84. The summed E-state index contributed by atoms with van der Waals surface area (Å²) >= 11 is 0. The molecule has 0 bridgehead atoms. The minimum atomic E-state index is 0.165. The van der Waals surface area contributed by atoms with Crippen LogP contribution in [0.3, 0.4) is 0 Å². The number of carbonyl (C=O) groups excluding carboxylic acids is 1. The standard InChI is InChI=1S/C9H14N2O/c10-5-6-1-2-8-7(3-6)4-9(12)11-8/h6H,1-5,10H2,(H,11,12). The van der Waals surface area contributed by atoms with Gasteiger partial charge in [0, 0.05) is 12.1 Å². The molecule has 1 atom stereocenters. The van der Waals surface area contributed by atoms with E-state index in [1.807, 2.05) is 0 Å². The van der Waals surface area contributed by atoms with Gasteiger partial charge < -0.3 is 11.1 Å². The third-order valence-corrected chi connectivity index (χ3v) is 2.76. The minimum Gasteiger partial charge on any atom is -0.330 e. The van der Waals surface area contributed by atoms with Crippen molar-refractivity contribution in [2.75, 3.05) is 6.54 Å². The van der Waals surface area contributed by atoms with Crippen molar-refractivity contribution in [3.05, 3.63) is 11.3 Å². The van der Waals surface area contributed by atoms with Crippen LogP contribution in [0, 0.1) is 5.92 Å². The number of allylic oxidation sites excluding steroid dienone is 1. The molecular weight excluding hydrogens is 152 g/mol. The van der Waals surface area contributed by atoms with Gasteiger partial charge in [0.2, 0.25) is 5.91 Å². The van der Waals surface area contributed by atoms with E-state index in [-0.39, 0.29) is 5.91 Å². The van der Waals surface area contributed by atoms with E-state index in [1.165, 1.54) is 11.3 Å². The highest BCUT2D eigenvalue weighted by atomic mass is 16.1. The van der Waals surface area contributed by atoms with Gasteiger partial charge in [-0.25, -0.2) is 0 Å². The summed E-state index contributed by atoms with van der Waals surface area (Å²) < 4.78 is 0. The predicted octanol–water partition coefficient (Wildman–Crippen LogP) is 0.519. The summed E-state index contributed by atoms with van der Waals surface area (Å²) in [5.41, 5.74) is 8.08. The maximum atomic E-state index is 11.0. The van der Waals surface area contributed by atoms with Gasteiger partial charge in [0.1, 0.15) is 0 Å². The van der Waals surface area contributed by atoms with Crippen molar-refractivity contribution in [2.24, 2.45) is 11.7 Å². The van der Waals surface area contributed by atoms with Crippen LogP contribution in [0.15, 0.2) is 11.3 Å². The van der Waals surface area contributed by atoms with Crippen LogP contribution in [-0.4, -0.2) is 12.5 Å². The molecule has 66 valence electrons. The summed E-state index contributed by atoms with van der Waals surface area (Å²) in [6, 6.07) is 0. The van der Waals surface area contributed by atoms with E-state index in [2.05, 4.69) is 5.32 Å². The Morgan fingerprint density at radius 3 is 3.17 bits per heavy atom. The molecule has 3 heteroatoms. The first-order chi connectivity index (χ1) is 5.79. The molecule has 1 aliphatic carbocycles. The maximum Gasteiger partial charge on any atom is 0.228 e. The van der Waals surface area contributed by atoms with Crippen LogP contribution < -0.4 is 11.1 Å². The van der Waals surface area contributed by atoms with E-state index in [0.29, 0.717) is 12.3 Å². The van der Waals surface area contributed by atoms with E-state index in [1.54, 1.807) is 0 Å². The highest BCUT2D eigenvalue weighted by Crippen LogP contribution is 2.32. The third kappa shape index (κ3) is 1.25. The molecule has 2 rings (SSSR count). The van der Waals surface area contributed by atoms with Crippen LogP contribution in [0.5, 0.6) is 0 Å².